The fourth-order valence-corrected chi connectivity index (χ4v) is 1.45. The summed E-state index contributed by atoms with van der Waals surface area (Å²) in [5.74, 6) is -0.588. The minimum Gasteiger partial charge on any atom is -0.482 e. The Morgan fingerprint density at radius 2 is 1.83 bits per heavy atom. The average molecular weight is 260 g/mol. The molecule has 1 aliphatic carbocycles. The molecule has 1 aromatic carbocycles. The Bertz CT molecular complexity index is 438. The Balaban J connectivity index is 2.00. The van der Waals surface area contributed by atoms with Crippen molar-refractivity contribution in [3.63, 3.8) is 0 Å². The maximum absolute atomic E-state index is 12.1. The lowest BCUT2D eigenvalue weighted by Gasteiger charge is -2.13. The summed E-state index contributed by atoms with van der Waals surface area (Å²) in [6.07, 6.45) is -3.11. The summed E-state index contributed by atoms with van der Waals surface area (Å²) in [6.45, 7) is -0.219. The second-order valence-electron chi connectivity index (χ2n) is 4.02. The number of carbonyl (C=O) groups is 1. The van der Waals surface area contributed by atoms with Crippen LogP contribution < -0.4 is 9.47 Å². The van der Waals surface area contributed by atoms with Crippen LogP contribution in [0.2, 0.25) is 0 Å². The molecule has 0 N–H and O–H groups in total. The highest BCUT2D eigenvalue weighted by molar-refractivity contribution is 5.84. The van der Waals surface area contributed by atoms with Gasteiger partial charge in [-0.15, -0.1) is 13.2 Å². The highest BCUT2D eigenvalue weighted by Gasteiger charge is 2.33. The predicted octanol–water partition coefficient (Wildman–Crippen LogP) is 2.94. The Morgan fingerprint density at radius 1 is 1.22 bits per heavy atom. The van der Waals surface area contributed by atoms with Gasteiger partial charge in [0, 0.05) is 5.92 Å². The number of carbonyl (C=O) groups excluding carboxylic acids is 1. The molecule has 0 unspecified atom stereocenters. The molecule has 1 saturated carbocycles. The van der Waals surface area contributed by atoms with Crippen molar-refractivity contribution in [2.24, 2.45) is 5.92 Å². The standard InChI is InChI=1S/C12H11F3O3/c13-12(14,15)18-11-4-2-1-3-10(11)17-7-9(16)8-5-6-8/h1-4,8H,5-7H2. The van der Waals surface area contributed by atoms with Crippen LogP contribution in [0.15, 0.2) is 24.3 Å². The maximum Gasteiger partial charge on any atom is 0.573 e. The van der Waals surface area contributed by atoms with Gasteiger partial charge in [-0.05, 0) is 25.0 Å². The molecule has 0 aliphatic heterocycles. The normalized spacial score (nSPS) is 15.3. The van der Waals surface area contributed by atoms with Crippen molar-refractivity contribution in [1.82, 2.24) is 0 Å². The first-order chi connectivity index (χ1) is 8.46. The van der Waals surface area contributed by atoms with Crippen LogP contribution in [0.25, 0.3) is 0 Å². The van der Waals surface area contributed by atoms with Crippen molar-refractivity contribution < 1.29 is 27.4 Å². The third-order valence-corrected chi connectivity index (χ3v) is 2.48. The number of para-hydroxylation sites is 2. The zero-order valence-electron chi connectivity index (χ0n) is 9.37. The second-order valence-corrected chi connectivity index (χ2v) is 4.02. The van der Waals surface area contributed by atoms with E-state index in [1.54, 1.807) is 0 Å². The van der Waals surface area contributed by atoms with Crippen molar-refractivity contribution in [3.8, 4) is 11.5 Å². The summed E-state index contributed by atoms with van der Waals surface area (Å²) in [4.78, 5) is 11.4. The number of alkyl halides is 3. The van der Waals surface area contributed by atoms with Crippen LogP contribution in [-0.2, 0) is 4.79 Å². The van der Waals surface area contributed by atoms with Gasteiger partial charge in [0.1, 0.15) is 6.61 Å². The summed E-state index contributed by atoms with van der Waals surface area (Å²) in [7, 11) is 0. The third kappa shape index (κ3) is 3.65. The van der Waals surface area contributed by atoms with Gasteiger partial charge in [-0.3, -0.25) is 4.79 Å². The molecule has 3 nitrogen and oxygen atoms in total. The lowest BCUT2D eigenvalue weighted by molar-refractivity contribution is -0.275. The van der Waals surface area contributed by atoms with E-state index in [9.17, 15) is 18.0 Å². The van der Waals surface area contributed by atoms with Gasteiger partial charge >= 0.3 is 6.36 Å². The Labute approximate surface area is 102 Å². The van der Waals surface area contributed by atoms with Crippen LogP contribution in [0.4, 0.5) is 13.2 Å². The Morgan fingerprint density at radius 3 is 2.39 bits per heavy atom. The molecule has 1 fully saturated rings. The van der Waals surface area contributed by atoms with Gasteiger partial charge in [0.05, 0.1) is 0 Å². The highest BCUT2D eigenvalue weighted by Crippen LogP contribution is 2.33. The molecule has 18 heavy (non-hydrogen) atoms. The van der Waals surface area contributed by atoms with E-state index in [0.29, 0.717) is 0 Å². The lowest BCUT2D eigenvalue weighted by atomic mass is 10.3. The van der Waals surface area contributed by atoms with Gasteiger partial charge in [0.15, 0.2) is 17.3 Å². The van der Waals surface area contributed by atoms with Crippen molar-refractivity contribution in [3.05, 3.63) is 24.3 Å². The Hall–Kier alpha value is -1.72. The number of halogens is 3. The van der Waals surface area contributed by atoms with E-state index in [4.69, 9.17) is 4.74 Å². The van der Waals surface area contributed by atoms with E-state index < -0.39 is 12.1 Å². The van der Waals surface area contributed by atoms with Crippen LogP contribution in [0, 0.1) is 5.92 Å². The highest BCUT2D eigenvalue weighted by atomic mass is 19.4. The van der Waals surface area contributed by atoms with Crippen LogP contribution in [0.5, 0.6) is 11.5 Å². The van der Waals surface area contributed by atoms with Gasteiger partial charge in [-0.2, -0.15) is 0 Å². The molecule has 0 aromatic heterocycles. The molecule has 0 heterocycles. The second kappa shape index (κ2) is 4.88. The number of hydrogen-bond donors (Lipinski definition) is 0. The lowest BCUT2D eigenvalue weighted by Crippen LogP contribution is -2.19. The number of benzene rings is 1. The maximum atomic E-state index is 12.1. The van der Waals surface area contributed by atoms with Gasteiger partial charge in [-0.25, -0.2) is 0 Å². The fourth-order valence-electron chi connectivity index (χ4n) is 1.45. The topological polar surface area (TPSA) is 35.5 Å². The smallest absolute Gasteiger partial charge is 0.482 e. The minimum absolute atomic E-state index is 0.0145. The van der Waals surface area contributed by atoms with Crippen LogP contribution in [0.3, 0.4) is 0 Å². The summed E-state index contributed by atoms with van der Waals surface area (Å²) < 4.78 is 45.2. The monoisotopic (exact) mass is 260 g/mol. The number of hydrogen-bond acceptors (Lipinski definition) is 3. The molecular weight excluding hydrogens is 249 g/mol. The SMILES string of the molecule is O=C(COc1ccccc1OC(F)(F)F)C1CC1. The molecule has 0 bridgehead atoms. The van der Waals surface area contributed by atoms with Gasteiger partial charge in [0.25, 0.3) is 0 Å². The first-order valence-corrected chi connectivity index (χ1v) is 5.46. The van der Waals surface area contributed by atoms with Crippen LogP contribution in [-0.4, -0.2) is 18.8 Å². The molecule has 98 valence electrons. The van der Waals surface area contributed by atoms with E-state index in [1.807, 2.05) is 0 Å². The molecule has 0 saturated heterocycles. The van der Waals surface area contributed by atoms with Gasteiger partial charge < -0.3 is 9.47 Å². The zero-order chi connectivity index (χ0) is 13.2. The summed E-state index contributed by atoms with van der Waals surface area (Å²) in [6, 6.07) is 5.39. The van der Waals surface area contributed by atoms with Crippen molar-refractivity contribution >= 4 is 5.78 Å². The molecule has 6 heteroatoms. The fraction of sp³-hybridized carbons (Fsp3) is 0.417. The summed E-state index contributed by atoms with van der Waals surface area (Å²) >= 11 is 0. The first-order valence-electron chi connectivity index (χ1n) is 5.46. The number of Topliss-reactive ketones (excluding diaryl/α,β-unsaturated/α-hetero) is 1. The van der Waals surface area contributed by atoms with E-state index >= 15 is 0 Å². The van der Waals surface area contributed by atoms with E-state index in [2.05, 4.69) is 4.74 Å². The van der Waals surface area contributed by atoms with Crippen molar-refractivity contribution in [2.75, 3.05) is 6.61 Å². The Kier molecular flexibility index (Phi) is 3.45. The third-order valence-electron chi connectivity index (χ3n) is 2.48. The number of rotatable bonds is 5. The van der Waals surface area contributed by atoms with E-state index in [1.165, 1.54) is 18.2 Å². The number of ketones is 1. The molecule has 0 radical (unpaired) electrons. The largest absolute Gasteiger partial charge is 0.573 e. The van der Waals surface area contributed by atoms with Crippen molar-refractivity contribution in [1.29, 1.82) is 0 Å². The van der Waals surface area contributed by atoms with Crippen LogP contribution >= 0.6 is 0 Å². The quantitative estimate of drug-likeness (QED) is 0.816. The molecule has 0 spiro atoms. The molecule has 2 rings (SSSR count). The molecule has 1 aromatic rings. The molecule has 0 atom stereocenters. The van der Waals surface area contributed by atoms with Crippen molar-refractivity contribution in [2.45, 2.75) is 19.2 Å². The van der Waals surface area contributed by atoms with E-state index in [-0.39, 0.29) is 24.1 Å². The van der Waals surface area contributed by atoms with E-state index in [0.717, 1.165) is 18.9 Å². The zero-order valence-corrected chi connectivity index (χ0v) is 9.37. The molecular formula is C12H11F3O3. The minimum atomic E-state index is -4.78. The summed E-state index contributed by atoms with van der Waals surface area (Å²) in [5.41, 5.74) is 0. The van der Waals surface area contributed by atoms with Gasteiger partial charge in [0.2, 0.25) is 0 Å². The molecule has 0 amide bonds. The summed E-state index contributed by atoms with van der Waals surface area (Å²) in [5, 5.41) is 0. The predicted molar refractivity (Wildman–Crippen MR) is 56.4 cm³/mol. The average Bonchev–Trinajstić information content (AvgIpc) is 3.09. The number of ether oxygens (including phenoxy) is 2. The first kappa shape index (κ1) is 12.7. The van der Waals surface area contributed by atoms with Crippen LogP contribution in [0.1, 0.15) is 12.8 Å². The molecule has 1 aliphatic rings. The van der Waals surface area contributed by atoms with Gasteiger partial charge in [-0.1, -0.05) is 12.1 Å².